The van der Waals surface area contributed by atoms with Gasteiger partial charge in [0.1, 0.15) is 5.82 Å². The van der Waals surface area contributed by atoms with Gasteiger partial charge in [-0.15, -0.1) is 0 Å². The molecule has 1 aromatic carbocycles. The van der Waals surface area contributed by atoms with Crippen LogP contribution < -0.4 is 16.4 Å². The summed E-state index contributed by atoms with van der Waals surface area (Å²) in [4.78, 5) is 19.4. The highest BCUT2D eigenvalue weighted by atomic mass is 35.5. The lowest BCUT2D eigenvalue weighted by molar-refractivity contribution is 0.254. The molecule has 1 heterocycles. The number of pyridine rings is 1. The maximum Gasteiger partial charge on any atom is 0.320 e. The van der Waals surface area contributed by atoms with Crippen LogP contribution in [0.3, 0.4) is 0 Å². The van der Waals surface area contributed by atoms with Gasteiger partial charge < -0.3 is 11.1 Å². The number of amides is 2. The molecule has 130 valence electrons. The molecule has 0 unspecified atom stereocenters. The molecule has 0 aliphatic rings. The molecule has 0 aliphatic heterocycles. The number of nitrogen functional groups attached to an aromatic ring is 1. The lowest BCUT2D eigenvalue weighted by Gasteiger charge is -2.13. The van der Waals surface area contributed by atoms with Crippen molar-refractivity contribution in [3.63, 3.8) is 0 Å². The predicted molar refractivity (Wildman–Crippen MR) is 106 cm³/mol. The number of nitrogens with two attached hydrogens (primary N) is 1. The fourth-order valence-electron chi connectivity index (χ4n) is 2.33. The van der Waals surface area contributed by atoms with Crippen LogP contribution in [0.4, 0.5) is 16.3 Å². The van der Waals surface area contributed by atoms with Crippen LogP contribution >= 0.6 is 11.6 Å². The number of benzene rings is 1. The number of allylic oxidation sites excluding steroid dienone is 3. The fraction of sp³-hybridized carbons (Fsp3) is 0.167. The largest absolute Gasteiger partial charge is 0.398 e. The van der Waals surface area contributed by atoms with Gasteiger partial charge in [-0.1, -0.05) is 11.6 Å². The number of anilines is 2. The number of carbonyl (C=O) groups is 1. The van der Waals surface area contributed by atoms with Gasteiger partial charge in [-0.2, -0.15) is 0 Å². The first kappa shape index (κ1) is 18.5. The first-order valence-electron chi connectivity index (χ1n) is 7.55. The Kier molecular flexibility index (Phi) is 5.77. The van der Waals surface area contributed by atoms with E-state index in [2.05, 4.69) is 27.3 Å². The van der Waals surface area contributed by atoms with Crippen molar-refractivity contribution in [2.75, 3.05) is 18.1 Å². The Labute approximate surface area is 151 Å². The van der Waals surface area contributed by atoms with Crippen LogP contribution in [0.25, 0.3) is 16.3 Å². The summed E-state index contributed by atoms with van der Waals surface area (Å²) in [5.41, 5.74) is 9.51. The van der Waals surface area contributed by atoms with Gasteiger partial charge in [-0.05, 0) is 55.5 Å². The Morgan fingerprint density at radius 3 is 2.72 bits per heavy atom. The number of halogens is 1. The third kappa shape index (κ3) is 3.97. The minimum Gasteiger partial charge on any atom is -0.398 e. The summed E-state index contributed by atoms with van der Waals surface area (Å²) >= 11 is 6.62. The topological polar surface area (TPSA) is 92.4 Å². The maximum absolute atomic E-state index is 11.5. The van der Waals surface area contributed by atoms with Crippen molar-refractivity contribution in [3.05, 3.63) is 46.8 Å². The quantitative estimate of drug-likeness (QED) is 0.434. The van der Waals surface area contributed by atoms with Crippen molar-refractivity contribution in [2.24, 2.45) is 4.99 Å². The molecular formula is C18H20ClN5O. The van der Waals surface area contributed by atoms with E-state index in [-0.39, 0.29) is 6.03 Å². The molecular weight excluding hydrogens is 338 g/mol. The Morgan fingerprint density at radius 1 is 1.36 bits per heavy atom. The Balaban J connectivity index is 2.64. The van der Waals surface area contributed by atoms with E-state index in [1.54, 1.807) is 18.5 Å². The maximum atomic E-state index is 11.5. The molecule has 0 saturated carbocycles. The number of nitrogens with zero attached hydrogens (tertiary/aromatic N) is 2. The molecule has 0 aliphatic carbocycles. The molecule has 2 amide bonds. The third-order valence-electron chi connectivity index (χ3n) is 3.88. The zero-order chi connectivity index (χ0) is 18.6. The molecule has 6 nitrogen and oxygen atoms in total. The number of hydrogen-bond donors (Lipinski definition) is 3. The van der Waals surface area contributed by atoms with Crippen molar-refractivity contribution in [1.29, 1.82) is 0 Å². The van der Waals surface area contributed by atoms with E-state index in [0.29, 0.717) is 16.5 Å². The van der Waals surface area contributed by atoms with Crippen LogP contribution in [0.2, 0.25) is 5.02 Å². The number of fused-ring (bicyclic) bond motifs is 1. The van der Waals surface area contributed by atoms with Crippen molar-refractivity contribution in [1.82, 2.24) is 10.3 Å². The molecule has 2 rings (SSSR count). The lowest BCUT2D eigenvalue weighted by Crippen LogP contribution is -2.24. The fourth-order valence-corrected chi connectivity index (χ4v) is 2.68. The van der Waals surface area contributed by atoms with Gasteiger partial charge >= 0.3 is 6.03 Å². The normalized spacial score (nSPS) is 12.2. The minimum absolute atomic E-state index is 0.360. The summed E-state index contributed by atoms with van der Waals surface area (Å²) in [5, 5.41) is 7.09. The van der Waals surface area contributed by atoms with Gasteiger partial charge in [-0.25, -0.2) is 9.78 Å². The van der Waals surface area contributed by atoms with Crippen LogP contribution in [0.15, 0.2) is 41.2 Å². The summed E-state index contributed by atoms with van der Waals surface area (Å²) in [7, 11) is 1.53. The van der Waals surface area contributed by atoms with Crippen molar-refractivity contribution < 1.29 is 4.79 Å². The van der Waals surface area contributed by atoms with E-state index in [0.717, 1.165) is 27.5 Å². The molecule has 25 heavy (non-hydrogen) atoms. The summed E-state index contributed by atoms with van der Waals surface area (Å²) in [6.45, 7) is 7.34. The third-order valence-corrected chi connectivity index (χ3v) is 4.29. The second-order valence-corrected chi connectivity index (χ2v) is 5.83. The number of urea groups is 1. The summed E-state index contributed by atoms with van der Waals surface area (Å²) < 4.78 is 0. The van der Waals surface area contributed by atoms with Crippen molar-refractivity contribution >= 4 is 52.2 Å². The van der Waals surface area contributed by atoms with E-state index in [4.69, 9.17) is 17.3 Å². The van der Waals surface area contributed by atoms with Crippen LogP contribution in [0, 0.1) is 0 Å². The standard InChI is InChI=1S/C18H20ClN5O/c1-10(5-6-21-3)11(2)12-7-15(20)14-9-23-16(24-18(25)22-4)8-13(14)17(12)19/h5-9H,3,20H2,1-2,4H3,(H2,22,23,24,25)/b6-5-,11-10+. The highest BCUT2D eigenvalue weighted by Crippen LogP contribution is 2.37. The molecule has 7 heteroatoms. The number of nitrogens with one attached hydrogen (secondary N) is 2. The van der Waals surface area contributed by atoms with Gasteiger partial charge in [0.25, 0.3) is 0 Å². The minimum atomic E-state index is -0.360. The van der Waals surface area contributed by atoms with Crippen molar-refractivity contribution in [3.8, 4) is 0 Å². The highest BCUT2D eigenvalue weighted by molar-refractivity contribution is 6.38. The zero-order valence-corrected chi connectivity index (χ0v) is 15.1. The summed E-state index contributed by atoms with van der Waals surface area (Å²) in [5.74, 6) is 0.388. The van der Waals surface area contributed by atoms with Crippen LogP contribution in [-0.2, 0) is 0 Å². The van der Waals surface area contributed by atoms with E-state index in [1.165, 1.54) is 7.05 Å². The Morgan fingerprint density at radius 2 is 2.08 bits per heavy atom. The average Bonchev–Trinajstić information content (AvgIpc) is 2.61. The molecule has 0 atom stereocenters. The van der Waals surface area contributed by atoms with E-state index in [9.17, 15) is 4.79 Å². The zero-order valence-electron chi connectivity index (χ0n) is 14.4. The predicted octanol–water partition coefficient (Wildman–Crippen LogP) is 4.23. The molecule has 0 radical (unpaired) electrons. The Bertz CT molecular complexity index is 902. The second-order valence-electron chi connectivity index (χ2n) is 5.45. The molecule has 1 aromatic heterocycles. The van der Waals surface area contributed by atoms with Gasteiger partial charge in [-0.3, -0.25) is 10.3 Å². The molecule has 0 saturated heterocycles. The molecule has 0 bridgehead atoms. The van der Waals surface area contributed by atoms with Gasteiger partial charge in [0.05, 0.1) is 5.02 Å². The number of aromatic nitrogens is 1. The monoisotopic (exact) mass is 357 g/mol. The van der Waals surface area contributed by atoms with Gasteiger partial charge in [0.15, 0.2) is 0 Å². The van der Waals surface area contributed by atoms with E-state index < -0.39 is 0 Å². The van der Waals surface area contributed by atoms with Crippen LogP contribution in [0.5, 0.6) is 0 Å². The SMILES string of the molecule is C=N/C=C\C(C)=C(/C)c1cc(N)c2cnc(NC(=O)NC)cc2c1Cl. The summed E-state index contributed by atoms with van der Waals surface area (Å²) in [6, 6.07) is 3.17. The molecule has 4 N–H and O–H groups in total. The molecule has 0 spiro atoms. The van der Waals surface area contributed by atoms with Crippen LogP contribution in [-0.4, -0.2) is 24.8 Å². The lowest BCUT2D eigenvalue weighted by atomic mass is 9.98. The van der Waals surface area contributed by atoms with E-state index in [1.807, 2.05) is 26.0 Å². The van der Waals surface area contributed by atoms with Gasteiger partial charge in [0.2, 0.25) is 0 Å². The summed E-state index contributed by atoms with van der Waals surface area (Å²) in [6.07, 6.45) is 5.07. The average molecular weight is 358 g/mol. The highest BCUT2D eigenvalue weighted by Gasteiger charge is 2.13. The molecule has 2 aromatic rings. The van der Waals surface area contributed by atoms with Crippen LogP contribution in [0.1, 0.15) is 19.4 Å². The number of carbonyl (C=O) groups excluding carboxylic acids is 1. The number of aliphatic imine (C=N–C) groups is 1. The smallest absolute Gasteiger partial charge is 0.320 e. The first-order valence-corrected chi connectivity index (χ1v) is 7.93. The number of rotatable bonds is 4. The second kappa shape index (κ2) is 7.81. The Hall–Kier alpha value is -2.86. The molecule has 0 fully saturated rings. The van der Waals surface area contributed by atoms with E-state index >= 15 is 0 Å². The van der Waals surface area contributed by atoms with Gasteiger partial charge in [0, 0.05) is 35.9 Å². The van der Waals surface area contributed by atoms with Crippen molar-refractivity contribution in [2.45, 2.75) is 13.8 Å². The first-order chi connectivity index (χ1) is 11.9. The number of hydrogen-bond acceptors (Lipinski definition) is 4.